The highest BCUT2D eigenvalue weighted by molar-refractivity contribution is 5.87. The van der Waals surface area contributed by atoms with Crippen molar-refractivity contribution in [3.05, 3.63) is 41.4 Å². The molecule has 1 aromatic heterocycles. The van der Waals surface area contributed by atoms with E-state index in [4.69, 9.17) is 6.57 Å². The summed E-state index contributed by atoms with van der Waals surface area (Å²) < 4.78 is 12.9. The van der Waals surface area contributed by atoms with Gasteiger partial charge in [-0.25, -0.2) is 4.98 Å². The number of rotatable bonds is 4. The summed E-state index contributed by atoms with van der Waals surface area (Å²) >= 11 is 0. The lowest BCUT2D eigenvalue weighted by Crippen LogP contribution is -2.47. The molecule has 0 spiro atoms. The second-order valence-corrected chi connectivity index (χ2v) is 7.32. The summed E-state index contributed by atoms with van der Waals surface area (Å²) in [7, 11) is 0. The van der Waals surface area contributed by atoms with Crippen LogP contribution in [0.3, 0.4) is 0 Å². The van der Waals surface area contributed by atoms with E-state index in [0.29, 0.717) is 12.8 Å². The van der Waals surface area contributed by atoms with Crippen LogP contribution in [0.5, 0.6) is 0 Å². The van der Waals surface area contributed by atoms with Gasteiger partial charge in [0.25, 0.3) is 0 Å². The first-order valence-electron chi connectivity index (χ1n) is 7.68. The molecule has 1 aliphatic heterocycles. The number of halogens is 1. The Morgan fingerprint density at radius 3 is 2.65 bits per heavy atom. The average Bonchev–Trinajstić information content (AvgIpc) is 2.62. The molecule has 1 aliphatic rings. The first-order chi connectivity index (χ1) is 10.7. The normalized spacial score (nSPS) is 23.7. The smallest absolute Gasteiger partial charge is 0.212 e. The van der Waals surface area contributed by atoms with Gasteiger partial charge in [0.05, 0.1) is 5.10 Å². The molecule has 2 heterocycles. The van der Waals surface area contributed by atoms with E-state index >= 15 is 0 Å². The minimum Gasteiger partial charge on any atom is -0.313 e. The molecule has 0 bridgehead atoms. The Hall–Kier alpha value is -1.84. The monoisotopic (exact) mass is 318 g/mol. The molecule has 1 aromatic rings. The van der Waals surface area contributed by atoms with Crippen LogP contribution in [0.1, 0.15) is 46.1 Å². The molecule has 1 saturated heterocycles. The first-order valence-corrected chi connectivity index (χ1v) is 7.68. The van der Waals surface area contributed by atoms with Crippen molar-refractivity contribution in [1.82, 2.24) is 10.0 Å². The van der Waals surface area contributed by atoms with Gasteiger partial charge in [-0.3, -0.25) is 0 Å². The Labute approximate surface area is 136 Å². The van der Waals surface area contributed by atoms with Gasteiger partial charge in [-0.2, -0.15) is 16.0 Å². The Balaban J connectivity index is 2.16. The Bertz CT molecular complexity index is 631. The molecule has 0 saturated carbocycles. The largest absolute Gasteiger partial charge is 0.313 e. The van der Waals surface area contributed by atoms with Crippen molar-refractivity contribution in [1.29, 1.82) is 0 Å². The van der Waals surface area contributed by atoms with Gasteiger partial charge in [0.15, 0.2) is 0 Å². The van der Waals surface area contributed by atoms with E-state index < -0.39 is 11.5 Å². The number of hydrogen-bond donors (Lipinski definition) is 1. The zero-order valence-corrected chi connectivity index (χ0v) is 14.0. The maximum atomic E-state index is 12.9. The van der Waals surface area contributed by atoms with Gasteiger partial charge < -0.3 is 5.21 Å². The molecule has 0 aliphatic carbocycles. The number of pyridine rings is 1. The molecule has 124 valence electrons. The Morgan fingerprint density at radius 2 is 2.17 bits per heavy atom. The van der Waals surface area contributed by atoms with Crippen LogP contribution in [0.2, 0.25) is 0 Å². The van der Waals surface area contributed by atoms with E-state index in [1.54, 1.807) is 6.07 Å². The Kier molecular flexibility index (Phi) is 4.83. The van der Waals surface area contributed by atoms with Crippen LogP contribution in [0.15, 0.2) is 23.4 Å². The maximum Gasteiger partial charge on any atom is 0.212 e. The van der Waals surface area contributed by atoms with Crippen molar-refractivity contribution >= 4 is 5.71 Å². The molecule has 5 nitrogen and oxygen atoms in total. The van der Waals surface area contributed by atoms with E-state index in [0.717, 1.165) is 17.7 Å². The lowest BCUT2D eigenvalue weighted by Gasteiger charge is -2.36. The van der Waals surface area contributed by atoms with Crippen molar-refractivity contribution in [2.45, 2.75) is 58.0 Å². The highest BCUT2D eigenvalue weighted by atomic mass is 19.1. The Morgan fingerprint density at radius 1 is 1.48 bits per heavy atom. The number of aromatic nitrogens is 1. The zero-order chi connectivity index (χ0) is 17.3. The predicted molar refractivity (Wildman–Crippen MR) is 86.4 cm³/mol. The fourth-order valence-corrected chi connectivity index (χ4v) is 3.46. The van der Waals surface area contributed by atoms with Crippen LogP contribution >= 0.6 is 0 Å². The average molecular weight is 318 g/mol. The number of hydroxylamine groups is 2. The van der Waals surface area contributed by atoms with Crippen LogP contribution in [-0.4, -0.2) is 32.0 Å². The highest BCUT2D eigenvalue weighted by Crippen LogP contribution is 2.45. The first kappa shape index (κ1) is 17.5. The molecule has 1 N–H and O–H groups in total. The van der Waals surface area contributed by atoms with Crippen LogP contribution in [0, 0.1) is 18.4 Å². The van der Waals surface area contributed by atoms with E-state index in [-0.39, 0.29) is 11.5 Å². The van der Waals surface area contributed by atoms with Gasteiger partial charge in [0.2, 0.25) is 5.95 Å². The molecule has 0 amide bonds. The van der Waals surface area contributed by atoms with Crippen LogP contribution in [-0.2, 0) is 6.42 Å². The van der Waals surface area contributed by atoms with Crippen molar-refractivity contribution in [3.63, 3.8) is 0 Å². The summed E-state index contributed by atoms with van der Waals surface area (Å²) in [5, 5.41) is 15.7. The van der Waals surface area contributed by atoms with Gasteiger partial charge in [-0.1, -0.05) is 6.07 Å². The minimum absolute atomic E-state index is 0.177. The topological polar surface area (TPSA) is 53.1 Å². The number of nitrogens with zero attached hydrogens (tertiary/aromatic N) is 4. The van der Waals surface area contributed by atoms with Crippen LogP contribution < -0.4 is 0 Å². The fourth-order valence-electron chi connectivity index (χ4n) is 3.46. The molecule has 23 heavy (non-hydrogen) atoms. The van der Waals surface area contributed by atoms with Crippen molar-refractivity contribution < 1.29 is 9.60 Å². The quantitative estimate of drug-likeness (QED) is 0.399. The SMILES string of the molecule is [C-]#[N+]/N=C(\Cc1ccc(F)nc1)CC1CC(C)(C)N(O)C1(C)C. The number of hydrogen-bond acceptors (Lipinski definition) is 4. The fraction of sp³-hybridized carbons (Fsp3) is 0.588. The van der Waals surface area contributed by atoms with Gasteiger partial charge >= 0.3 is 0 Å². The van der Waals surface area contributed by atoms with E-state index in [1.807, 2.05) is 27.7 Å². The minimum atomic E-state index is -0.521. The lowest BCUT2D eigenvalue weighted by molar-refractivity contribution is -0.196. The molecule has 0 aromatic carbocycles. The van der Waals surface area contributed by atoms with Crippen molar-refractivity contribution in [2.75, 3.05) is 0 Å². The molecule has 6 heteroatoms. The van der Waals surface area contributed by atoms with E-state index in [9.17, 15) is 9.60 Å². The van der Waals surface area contributed by atoms with E-state index in [2.05, 4.69) is 15.0 Å². The van der Waals surface area contributed by atoms with E-state index in [1.165, 1.54) is 17.3 Å². The van der Waals surface area contributed by atoms with Gasteiger partial charge in [-0.05, 0) is 58.1 Å². The molecule has 0 radical (unpaired) electrons. The third-order valence-corrected chi connectivity index (χ3v) is 4.73. The van der Waals surface area contributed by atoms with Gasteiger partial charge in [0, 0.05) is 23.7 Å². The summed E-state index contributed by atoms with van der Waals surface area (Å²) in [6.07, 6.45) is 3.37. The lowest BCUT2D eigenvalue weighted by atomic mass is 9.82. The maximum absolute atomic E-state index is 12.9. The molecule has 1 unspecified atom stereocenters. The third-order valence-electron chi connectivity index (χ3n) is 4.73. The highest BCUT2D eigenvalue weighted by Gasteiger charge is 2.51. The second kappa shape index (κ2) is 6.34. The molecule has 2 rings (SSSR count). The summed E-state index contributed by atoms with van der Waals surface area (Å²) in [6.45, 7) is 15.0. The standard InChI is InChI=1S/C17H23FN4O/c1-16(2)10-13(17(3,4)22(16)23)9-14(21-19-5)8-12-6-7-15(18)20-11-12/h6-7,11,13,23H,8-10H2,1-4H3/b21-14+. The van der Waals surface area contributed by atoms with Crippen LogP contribution in [0.25, 0.3) is 4.95 Å². The van der Waals surface area contributed by atoms with Gasteiger partial charge in [-0.15, -0.1) is 4.95 Å². The summed E-state index contributed by atoms with van der Waals surface area (Å²) in [4.78, 5) is 6.80. The molecule has 1 fully saturated rings. The summed E-state index contributed by atoms with van der Waals surface area (Å²) in [5.74, 6) is -0.344. The summed E-state index contributed by atoms with van der Waals surface area (Å²) in [6, 6.07) is 2.97. The molecular weight excluding hydrogens is 295 g/mol. The third kappa shape index (κ3) is 3.74. The predicted octanol–water partition coefficient (Wildman–Crippen LogP) is 3.70. The molecular formula is C17H23FN4O. The molecule has 1 atom stereocenters. The second-order valence-electron chi connectivity index (χ2n) is 7.32. The van der Waals surface area contributed by atoms with Crippen molar-refractivity contribution in [2.24, 2.45) is 11.0 Å². The summed E-state index contributed by atoms with van der Waals surface area (Å²) in [5.41, 5.74) is 0.851. The van der Waals surface area contributed by atoms with Crippen LogP contribution in [0.4, 0.5) is 4.39 Å². The van der Waals surface area contributed by atoms with Crippen molar-refractivity contribution in [3.8, 4) is 0 Å². The zero-order valence-electron chi connectivity index (χ0n) is 14.0. The van der Waals surface area contributed by atoms with Gasteiger partial charge in [0.1, 0.15) is 5.71 Å².